The molecule has 0 atom stereocenters. The molecule has 1 aromatic rings. The molecule has 0 aliphatic rings. The fourth-order valence-corrected chi connectivity index (χ4v) is 2.00. The summed E-state index contributed by atoms with van der Waals surface area (Å²) in [4.78, 5) is 8.63. The molecule has 3 N–H and O–H groups in total. The third-order valence-corrected chi connectivity index (χ3v) is 3.15. The van der Waals surface area contributed by atoms with E-state index in [0.29, 0.717) is 12.5 Å². The molecule has 0 aliphatic carbocycles. The van der Waals surface area contributed by atoms with E-state index in [9.17, 15) is 0 Å². The Labute approximate surface area is 130 Å². The SMILES string of the molecule is C=C(C)CN=C(N)NCCc1csc(CC)n1.I. The van der Waals surface area contributed by atoms with E-state index in [1.165, 1.54) is 5.01 Å². The molecule has 0 saturated carbocycles. The van der Waals surface area contributed by atoms with Crippen LogP contribution in [0, 0.1) is 0 Å². The number of hydrogen-bond donors (Lipinski definition) is 2. The number of aliphatic imine (C=N–C) groups is 1. The lowest BCUT2D eigenvalue weighted by molar-refractivity contribution is 0.831. The molecule has 4 nitrogen and oxygen atoms in total. The summed E-state index contributed by atoms with van der Waals surface area (Å²) in [6.07, 6.45) is 1.88. The minimum atomic E-state index is 0. The van der Waals surface area contributed by atoms with Gasteiger partial charge in [-0.25, -0.2) is 9.98 Å². The second kappa shape index (κ2) is 9.32. The molecular formula is C12H21IN4S. The minimum absolute atomic E-state index is 0. The molecule has 0 radical (unpaired) electrons. The highest BCUT2D eigenvalue weighted by Crippen LogP contribution is 2.09. The molecule has 1 rings (SSSR count). The number of halogens is 1. The van der Waals surface area contributed by atoms with E-state index in [2.05, 4.69) is 34.2 Å². The highest BCUT2D eigenvalue weighted by atomic mass is 127. The van der Waals surface area contributed by atoms with E-state index >= 15 is 0 Å². The van der Waals surface area contributed by atoms with Gasteiger partial charge >= 0.3 is 0 Å². The summed E-state index contributed by atoms with van der Waals surface area (Å²) in [6, 6.07) is 0. The summed E-state index contributed by atoms with van der Waals surface area (Å²) >= 11 is 1.71. The van der Waals surface area contributed by atoms with Crippen LogP contribution in [0.25, 0.3) is 0 Å². The molecule has 18 heavy (non-hydrogen) atoms. The summed E-state index contributed by atoms with van der Waals surface area (Å²) in [5, 5.41) is 6.35. The Morgan fingerprint density at radius 1 is 1.61 bits per heavy atom. The van der Waals surface area contributed by atoms with Crippen LogP contribution in [0.5, 0.6) is 0 Å². The number of thiazole rings is 1. The summed E-state index contributed by atoms with van der Waals surface area (Å²) < 4.78 is 0. The molecular weight excluding hydrogens is 359 g/mol. The number of nitrogens with one attached hydrogen (secondary N) is 1. The second-order valence-corrected chi connectivity index (χ2v) is 4.86. The fraction of sp³-hybridized carbons (Fsp3) is 0.500. The van der Waals surface area contributed by atoms with Gasteiger partial charge in [0.05, 0.1) is 17.2 Å². The lowest BCUT2D eigenvalue weighted by Gasteiger charge is -2.04. The van der Waals surface area contributed by atoms with E-state index in [4.69, 9.17) is 5.73 Å². The number of nitrogens with zero attached hydrogens (tertiary/aromatic N) is 2. The van der Waals surface area contributed by atoms with Gasteiger partial charge in [0.2, 0.25) is 0 Å². The molecule has 0 fully saturated rings. The van der Waals surface area contributed by atoms with Gasteiger partial charge in [-0.3, -0.25) is 0 Å². The van der Waals surface area contributed by atoms with Crippen LogP contribution >= 0.6 is 35.3 Å². The Kier molecular flexibility index (Phi) is 8.99. The molecule has 102 valence electrons. The number of rotatable bonds is 6. The Balaban J connectivity index is 0.00000289. The van der Waals surface area contributed by atoms with Crippen LogP contribution in [0.4, 0.5) is 0 Å². The van der Waals surface area contributed by atoms with Crippen molar-refractivity contribution in [2.24, 2.45) is 10.7 Å². The highest BCUT2D eigenvalue weighted by Gasteiger charge is 2.00. The van der Waals surface area contributed by atoms with Crippen LogP contribution < -0.4 is 11.1 Å². The van der Waals surface area contributed by atoms with Gasteiger partial charge in [0.15, 0.2) is 5.96 Å². The predicted molar refractivity (Wildman–Crippen MR) is 89.9 cm³/mol. The first-order valence-electron chi connectivity index (χ1n) is 5.73. The first-order chi connectivity index (χ1) is 8.11. The molecule has 0 aliphatic heterocycles. The molecule has 6 heteroatoms. The Bertz CT molecular complexity index is 401. The van der Waals surface area contributed by atoms with Gasteiger partial charge in [0, 0.05) is 18.3 Å². The number of nitrogens with two attached hydrogens (primary N) is 1. The average molecular weight is 380 g/mol. The van der Waals surface area contributed by atoms with E-state index in [-0.39, 0.29) is 24.0 Å². The molecule has 0 saturated heterocycles. The van der Waals surface area contributed by atoms with E-state index in [0.717, 1.165) is 30.7 Å². The lowest BCUT2D eigenvalue weighted by atomic mass is 10.3. The Hall–Kier alpha value is -0.630. The van der Waals surface area contributed by atoms with Gasteiger partial charge in [0.1, 0.15) is 0 Å². The number of guanidine groups is 1. The number of hydrogen-bond acceptors (Lipinski definition) is 3. The number of aryl methyl sites for hydroxylation is 1. The minimum Gasteiger partial charge on any atom is -0.370 e. The summed E-state index contributed by atoms with van der Waals surface area (Å²) in [5.41, 5.74) is 7.82. The summed E-state index contributed by atoms with van der Waals surface area (Å²) in [7, 11) is 0. The van der Waals surface area contributed by atoms with Crippen molar-refractivity contribution >= 4 is 41.3 Å². The molecule has 0 amide bonds. The topological polar surface area (TPSA) is 63.3 Å². The summed E-state index contributed by atoms with van der Waals surface area (Å²) in [5.74, 6) is 0.471. The van der Waals surface area contributed by atoms with E-state index in [1.807, 2.05) is 6.92 Å². The molecule has 0 bridgehead atoms. The van der Waals surface area contributed by atoms with Crippen molar-refractivity contribution in [3.05, 3.63) is 28.2 Å². The highest BCUT2D eigenvalue weighted by molar-refractivity contribution is 14.0. The third-order valence-electron chi connectivity index (χ3n) is 2.11. The summed E-state index contributed by atoms with van der Waals surface area (Å²) in [6.45, 7) is 9.15. The van der Waals surface area contributed by atoms with Crippen LogP contribution in [0.1, 0.15) is 24.5 Å². The zero-order valence-corrected chi connectivity index (χ0v) is 14.0. The van der Waals surface area contributed by atoms with Crippen molar-refractivity contribution in [1.82, 2.24) is 10.3 Å². The Morgan fingerprint density at radius 2 is 2.33 bits per heavy atom. The zero-order valence-electron chi connectivity index (χ0n) is 10.9. The van der Waals surface area contributed by atoms with Crippen molar-refractivity contribution in [3.63, 3.8) is 0 Å². The van der Waals surface area contributed by atoms with Crippen LogP contribution in [-0.4, -0.2) is 24.0 Å². The molecule has 0 unspecified atom stereocenters. The van der Waals surface area contributed by atoms with Crippen molar-refractivity contribution in [1.29, 1.82) is 0 Å². The largest absolute Gasteiger partial charge is 0.370 e. The zero-order chi connectivity index (χ0) is 12.7. The van der Waals surface area contributed by atoms with Crippen molar-refractivity contribution in [2.45, 2.75) is 26.7 Å². The van der Waals surface area contributed by atoms with Gasteiger partial charge in [-0.15, -0.1) is 35.3 Å². The normalized spacial score (nSPS) is 10.9. The maximum absolute atomic E-state index is 5.70. The van der Waals surface area contributed by atoms with Crippen LogP contribution in [0.15, 0.2) is 22.5 Å². The molecule has 1 heterocycles. The first kappa shape index (κ1) is 17.4. The second-order valence-electron chi connectivity index (χ2n) is 3.92. The van der Waals surface area contributed by atoms with Crippen molar-refractivity contribution < 1.29 is 0 Å². The standard InChI is InChI=1S/C12H20N4S.HI/c1-4-11-16-10(8-17-11)5-6-14-12(13)15-7-9(2)3;/h8H,2,4-7H2,1,3H3,(H3,13,14,15);1H. The maximum atomic E-state index is 5.70. The third kappa shape index (κ3) is 6.95. The van der Waals surface area contributed by atoms with Crippen molar-refractivity contribution in [3.8, 4) is 0 Å². The maximum Gasteiger partial charge on any atom is 0.188 e. The fourth-order valence-electron chi connectivity index (χ4n) is 1.22. The average Bonchev–Trinajstić information content (AvgIpc) is 2.74. The van der Waals surface area contributed by atoms with Gasteiger partial charge in [-0.1, -0.05) is 19.1 Å². The molecule has 0 spiro atoms. The monoisotopic (exact) mass is 380 g/mol. The predicted octanol–water partition coefficient (Wildman–Crippen LogP) is 2.35. The smallest absolute Gasteiger partial charge is 0.188 e. The van der Waals surface area contributed by atoms with Gasteiger partial charge in [-0.05, 0) is 13.3 Å². The van der Waals surface area contributed by atoms with Crippen LogP contribution in [0.2, 0.25) is 0 Å². The Morgan fingerprint density at radius 3 is 2.89 bits per heavy atom. The molecule has 1 aromatic heterocycles. The quantitative estimate of drug-likeness (QED) is 0.345. The lowest BCUT2D eigenvalue weighted by Crippen LogP contribution is -2.33. The van der Waals surface area contributed by atoms with Crippen LogP contribution in [-0.2, 0) is 12.8 Å². The van der Waals surface area contributed by atoms with Gasteiger partial charge < -0.3 is 11.1 Å². The number of aromatic nitrogens is 1. The first-order valence-corrected chi connectivity index (χ1v) is 6.61. The van der Waals surface area contributed by atoms with Gasteiger partial charge in [-0.2, -0.15) is 0 Å². The molecule has 0 aromatic carbocycles. The van der Waals surface area contributed by atoms with E-state index < -0.39 is 0 Å². The van der Waals surface area contributed by atoms with Crippen molar-refractivity contribution in [2.75, 3.05) is 13.1 Å². The van der Waals surface area contributed by atoms with E-state index in [1.54, 1.807) is 11.3 Å². The van der Waals surface area contributed by atoms with Gasteiger partial charge in [0.25, 0.3) is 0 Å². The van der Waals surface area contributed by atoms with Crippen LogP contribution in [0.3, 0.4) is 0 Å².